The van der Waals surface area contributed by atoms with E-state index in [2.05, 4.69) is 5.14 Å². The van der Waals surface area contributed by atoms with E-state index < -0.39 is 10.0 Å². The van der Waals surface area contributed by atoms with Gasteiger partial charge >= 0.3 is 0 Å². The quantitative estimate of drug-likeness (QED) is 0.523. The van der Waals surface area contributed by atoms with Gasteiger partial charge in [-0.25, -0.2) is 17.9 Å². The van der Waals surface area contributed by atoms with Crippen LogP contribution in [0.1, 0.15) is 0 Å². The van der Waals surface area contributed by atoms with Crippen molar-refractivity contribution in [1.29, 1.82) is 0 Å². The van der Waals surface area contributed by atoms with Crippen molar-refractivity contribution in [1.82, 2.24) is 0 Å². The van der Waals surface area contributed by atoms with Crippen LogP contribution >= 0.6 is 0 Å². The van der Waals surface area contributed by atoms with Gasteiger partial charge in [0.2, 0.25) is 10.0 Å². The summed E-state index contributed by atoms with van der Waals surface area (Å²) in [6.07, 6.45) is -0.130. The average Bonchev–Trinajstić information content (AvgIpc) is 1.30. The molecule has 5 heteroatoms. The van der Waals surface area contributed by atoms with Gasteiger partial charge in [-0.1, -0.05) is 0 Å². The third-order valence-electron chi connectivity index (χ3n) is 0.241. The van der Waals surface area contributed by atoms with Crippen LogP contribution < -0.4 is 5.14 Å². The van der Waals surface area contributed by atoms with Crippen molar-refractivity contribution < 1.29 is 12.8 Å². The van der Waals surface area contributed by atoms with Crippen LogP contribution in [0.4, 0.5) is 4.39 Å². The molecule has 0 saturated carbocycles. The van der Waals surface area contributed by atoms with Crippen LogP contribution in [0.15, 0.2) is 11.7 Å². The van der Waals surface area contributed by atoms with Gasteiger partial charge in [0.15, 0.2) is 0 Å². The molecule has 42 valence electrons. The minimum atomic E-state index is -3.73. The zero-order valence-electron chi connectivity index (χ0n) is 3.33. The lowest BCUT2D eigenvalue weighted by Crippen LogP contribution is -2.06. The predicted octanol–water partition coefficient (Wildman–Crippen LogP) is -0.284. The van der Waals surface area contributed by atoms with Gasteiger partial charge in [0.05, 0.1) is 11.7 Å². The summed E-state index contributed by atoms with van der Waals surface area (Å²) in [4.78, 5) is 0. The molecule has 0 aliphatic heterocycles. The molecule has 0 aromatic rings. The highest BCUT2D eigenvalue weighted by Crippen LogP contribution is 1.78. The lowest BCUT2D eigenvalue weighted by molar-refractivity contribution is 0.605. The summed E-state index contributed by atoms with van der Waals surface area (Å²) in [5.74, 6) is 0. The average molecular weight is 125 g/mol. The van der Waals surface area contributed by atoms with Crippen LogP contribution in [0, 0.1) is 0 Å². The highest BCUT2D eigenvalue weighted by molar-refractivity contribution is 7.92. The maximum absolute atomic E-state index is 10.8. The Balaban J connectivity index is 4.13. The fourth-order valence-corrected chi connectivity index (χ4v) is 0.215. The molecule has 0 aromatic heterocycles. The molecule has 3 nitrogen and oxygen atoms in total. The fraction of sp³-hybridized carbons (Fsp3) is 0. The molecule has 0 atom stereocenters. The summed E-state index contributed by atoms with van der Waals surface area (Å²) >= 11 is 0. The zero-order valence-corrected chi connectivity index (χ0v) is 4.15. The van der Waals surface area contributed by atoms with Gasteiger partial charge in [-0.3, -0.25) is 0 Å². The highest BCUT2D eigenvalue weighted by atomic mass is 32.2. The third kappa shape index (κ3) is 5.58. The van der Waals surface area contributed by atoms with Crippen molar-refractivity contribution in [3.63, 3.8) is 0 Å². The van der Waals surface area contributed by atoms with Crippen LogP contribution in [0.3, 0.4) is 0 Å². The first-order valence-corrected chi connectivity index (χ1v) is 2.97. The van der Waals surface area contributed by atoms with E-state index in [1.165, 1.54) is 0 Å². The Kier molecular flexibility index (Phi) is 1.91. The Labute approximate surface area is 40.7 Å². The molecule has 0 rings (SSSR count). The summed E-state index contributed by atoms with van der Waals surface area (Å²) in [6, 6.07) is 0. The Morgan fingerprint density at radius 2 is 2.00 bits per heavy atom. The van der Waals surface area contributed by atoms with Gasteiger partial charge in [-0.2, -0.15) is 0 Å². The minimum Gasteiger partial charge on any atom is -0.225 e. The molecule has 0 fully saturated rings. The van der Waals surface area contributed by atoms with Crippen LogP contribution in [-0.4, -0.2) is 8.42 Å². The third-order valence-corrected chi connectivity index (χ3v) is 0.723. The van der Waals surface area contributed by atoms with E-state index in [1.54, 1.807) is 0 Å². The first kappa shape index (κ1) is 6.58. The van der Waals surface area contributed by atoms with E-state index in [0.717, 1.165) is 0 Å². The van der Waals surface area contributed by atoms with Gasteiger partial charge in [-0.05, 0) is 0 Å². The van der Waals surface area contributed by atoms with Gasteiger partial charge in [-0.15, -0.1) is 0 Å². The molecular weight excluding hydrogens is 121 g/mol. The lowest BCUT2D eigenvalue weighted by Gasteiger charge is -1.76. The van der Waals surface area contributed by atoms with Gasteiger partial charge < -0.3 is 0 Å². The maximum Gasteiger partial charge on any atom is 0.233 e. The number of primary sulfonamides is 1. The summed E-state index contributed by atoms with van der Waals surface area (Å²) in [7, 11) is -3.73. The standard InChI is InChI=1S/C2H4FNO2S/c3-1-2-7(4,5)6/h1-2H,(H2,4,5,6)/b2-1-. The first-order valence-electron chi connectivity index (χ1n) is 1.36. The monoisotopic (exact) mass is 125 g/mol. The molecule has 0 aliphatic rings. The second-order valence-electron chi connectivity index (χ2n) is 0.851. The van der Waals surface area contributed by atoms with Crippen molar-refractivity contribution in [3.8, 4) is 0 Å². The second kappa shape index (κ2) is 2.04. The highest BCUT2D eigenvalue weighted by Gasteiger charge is 1.89. The van der Waals surface area contributed by atoms with Crippen LogP contribution in [0.2, 0.25) is 0 Å². The van der Waals surface area contributed by atoms with Crippen LogP contribution in [0.5, 0.6) is 0 Å². The minimum absolute atomic E-state index is 0.130. The lowest BCUT2D eigenvalue weighted by atomic mass is 11.2. The molecule has 0 radical (unpaired) electrons. The number of nitrogens with two attached hydrogens (primary N) is 1. The summed E-state index contributed by atoms with van der Waals surface area (Å²) in [5.41, 5.74) is 0. The van der Waals surface area contributed by atoms with Crippen molar-refractivity contribution in [2.45, 2.75) is 0 Å². The first-order chi connectivity index (χ1) is 3.06. The molecule has 7 heavy (non-hydrogen) atoms. The number of halogens is 1. The SMILES string of the molecule is NS(=O)(=O)/C=C\F. The van der Waals surface area contributed by atoms with Gasteiger partial charge in [0, 0.05) is 0 Å². The summed E-state index contributed by atoms with van der Waals surface area (Å²) in [6.45, 7) is 0. The van der Waals surface area contributed by atoms with Crippen LogP contribution in [0.25, 0.3) is 0 Å². The van der Waals surface area contributed by atoms with E-state index in [1.807, 2.05) is 0 Å². The van der Waals surface area contributed by atoms with Crippen LogP contribution in [-0.2, 0) is 10.0 Å². The molecule has 0 aromatic carbocycles. The van der Waals surface area contributed by atoms with E-state index >= 15 is 0 Å². The van der Waals surface area contributed by atoms with Crippen molar-refractivity contribution in [2.24, 2.45) is 5.14 Å². The number of rotatable bonds is 1. The van der Waals surface area contributed by atoms with E-state index in [0.29, 0.717) is 0 Å². The Bertz CT molecular complexity index is 159. The zero-order chi connectivity index (χ0) is 5.91. The van der Waals surface area contributed by atoms with E-state index in [-0.39, 0.29) is 11.7 Å². The number of hydrogen-bond donors (Lipinski definition) is 1. The van der Waals surface area contributed by atoms with Crippen molar-refractivity contribution in [2.75, 3.05) is 0 Å². The Morgan fingerprint density at radius 3 is 2.00 bits per heavy atom. The molecule has 0 saturated heterocycles. The molecule has 0 aliphatic carbocycles. The number of hydrogen-bond acceptors (Lipinski definition) is 2. The Hall–Kier alpha value is -0.420. The summed E-state index contributed by atoms with van der Waals surface area (Å²) < 4.78 is 30.2. The molecular formula is C2H4FNO2S. The molecule has 0 spiro atoms. The molecule has 0 heterocycles. The van der Waals surface area contributed by atoms with E-state index in [9.17, 15) is 12.8 Å². The van der Waals surface area contributed by atoms with Crippen molar-refractivity contribution >= 4 is 10.0 Å². The van der Waals surface area contributed by atoms with Crippen molar-refractivity contribution in [3.05, 3.63) is 11.7 Å². The molecule has 0 amide bonds. The predicted molar refractivity (Wildman–Crippen MR) is 23.4 cm³/mol. The molecule has 0 unspecified atom stereocenters. The maximum atomic E-state index is 10.8. The fourth-order valence-electron chi connectivity index (χ4n) is 0.0717. The van der Waals surface area contributed by atoms with E-state index in [4.69, 9.17) is 0 Å². The molecule has 0 bridgehead atoms. The smallest absolute Gasteiger partial charge is 0.225 e. The largest absolute Gasteiger partial charge is 0.233 e. The topological polar surface area (TPSA) is 60.2 Å². The molecule has 2 N–H and O–H groups in total. The number of sulfonamides is 1. The normalized spacial score (nSPS) is 12.9. The van der Waals surface area contributed by atoms with Gasteiger partial charge in [0.1, 0.15) is 0 Å². The summed E-state index contributed by atoms with van der Waals surface area (Å²) in [5, 5.41) is 4.56. The Morgan fingerprint density at radius 1 is 1.57 bits per heavy atom. The van der Waals surface area contributed by atoms with Gasteiger partial charge in [0.25, 0.3) is 0 Å². The second-order valence-corrected chi connectivity index (χ2v) is 2.30.